The molecule has 0 atom stereocenters. The van der Waals surface area contributed by atoms with Gasteiger partial charge in [0.1, 0.15) is 0 Å². The number of benzene rings is 2. The molecule has 0 aromatic heterocycles. The van der Waals surface area contributed by atoms with Crippen molar-refractivity contribution in [2.45, 2.75) is 19.9 Å². The molecule has 98 valence electrons. The highest BCUT2D eigenvalue weighted by atomic mass is 35.5. The van der Waals surface area contributed by atoms with Crippen molar-refractivity contribution in [2.75, 3.05) is 0 Å². The molecular weight excluding hydrogens is 258 g/mol. The standard InChI is InChI=1S/C16H16ClNO/c1-12-3-2-4-14(9-12)11-18-16(19)10-13-5-7-15(17)8-6-13/h2-9H,10-11H2,1H3,(H,18,19). The lowest BCUT2D eigenvalue weighted by atomic mass is 10.1. The average Bonchev–Trinajstić information content (AvgIpc) is 2.39. The molecule has 0 spiro atoms. The van der Waals surface area contributed by atoms with Crippen LogP contribution in [-0.4, -0.2) is 5.91 Å². The fourth-order valence-electron chi connectivity index (χ4n) is 1.87. The van der Waals surface area contributed by atoms with Crippen LogP contribution < -0.4 is 5.32 Å². The molecule has 0 saturated carbocycles. The summed E-state index contributed by atoms with van der Waals surface area (Å²) < 4.78 is 0. The van der Waals surface area contributed by atoms with Gasteiger partial charge >= 0.3 is 0 Å². The Bertz CT molecular complexity index is 563. The van der Waals surface area contributed by atoms with Crippen molar-refractivity contribution >= 4 is 17.5 Å². The first-order chi connectivity index (χ1) is 9.13. The molecular formula is C16H16ClNO. The van der Waals surface area contributed by atoms with Gasteiger partial charge in [0, 0.05) is 11.6 Å². The van der Waals surface area contributed by atoms with Crippen LogP contribution in [0.1, 0.15) is 16.7 Å². The van der Waals surface area contributed by atoms with Crippen molar-refractivity contribution in [3.63, 3.8) is 0 Å². The SMILES string of the molecule is Cc1cccc(CNC(=O)Cc2ccc(Cl)cc2)c1. The molecule has 2 rings (SSSR count). The summed E-state index contributed by atoms with van der Waals surface area (Å²) in [6, 6.07) is 15.5. The van der Waals surface area contributed by atoms with Crippen LogP contribution in [0.3, 0.4) is 0 Å². The average molecular weight is 274 g/mol. The molecule has 0 bridgehead atoms. The highest BCUT2D eigenvalue weighted by Crippen LogP contribution is 2.10. The molecule has 19 heavy (non-hydrogen) atoms. The van der Waals surface area contributed by atoms with E-state index >= 15 is 0 Å². The van der Waals surface area contributed by atoms with E-state index in [1.165, 1.54) is 5.56 Å². The zero-order valence-electron chi connectivity index (χ0n) is 10.8. The van der Waals surface area contributed by atoms with E-state index in [0.717, 1.165) is 11.1 Å². The maximum absolute atomic E-state index is 11.8. The van der Waals surface area contributed by atoms with Crippen molar-refractivity contribution in [2.24, 2.45) is 0 Å². The minimum absolute atomic E-state index is 0.0174. The van der Waals surface area contributed by atoms with E-state index in [4.69, 9.17) is 11.6 Å². The van der Waals surface area contributed by atoms with Crippen molar-refractivity contribution in [1.82, 2.24) is 5.32 Å². The number of hydrogen-bond acceptors (Lipinski definition) is 1. The second-order valence-corrected chi connectivity index (χ2v) is 5.01. The topological polar surface area (TPSA) is 29.1 Å². The van der Waals surface area contributed by atoms with Gasteiger partial charge < -0.3 is 5.32 Å². The summed E-state index contributed by atoms with van der Waals surface area (Å²) in [7, 11) is 0. The monoisotopic (exact) mass is 273 g/mol. The first-order valence-corrected chi connectivity index (χ1v) is 6.58. The van der Waals surface area contributed by atoms with Crippen LogP contribution in [0.4, 0.5) is 0 Å². The fraction of sp³-hybridized carbons (Fsp3) is 0.188. The summed E-state index contributed by atoms with van der Waals surface area (Å²) in [5.41, 5.74) is 3.28. The molecule has 0 unspecified atom stereocenters. The van der Waals surface area contributed by atoms with Gasteiger partial charge in [0.25, 0.3) is 0 Å². The van der Waals surface area contributed by atoms with Crippen LogP contribution in [0.5, 0.6) is 0 Å². The van der Waals surface area contributed by atoms with Crippen LogP contribution in [0, 0.1) is 6.92 Å². The number of rotatable bonds is 4. The Morgan fingerprint density at radius 1 is 1.11 bits per heavy atom. The molecule has 2 nitrogen and oxygen atoms in total. The predicted molar refractivity (Wildman–Crippen MR) is 78.2 cm³/mol. The lowest BCUT2D eigenvalue weighted by Crippen LogP contribution is -2.24. The smallest absolute Gasteiger partial charge is 0.224 e. The van der Waals surface area contributed by atoms with Gasteiger partial charge in [0.15, 0.2) is 0 Å². The van der Waals surface area contributed by atoms with E-state index in [1.807, 2.05) is 37.3 Å². The lowest BCUT2D eigenvalue weighted by Gasteiger charge is -2.06. The Morgan fingerprint density at radius 2 is 1.84 bits per heavy atom. The Labute approximate surface area is 118 Å². The van der Waals surface area contributed by atoms with Crippen LogP contribution in [0.15, 0.2) is 48.5 Å². The summed E-state index contributed by atoms with van der Waals surface area (Å²) in [5, 5.41) is 3.60. The maximum Gasteiger partial charge on any atom is 0.224 e. The molecule has 0 aliphatic carbocycles. The van der Waals surface area contributed by atoms with Crippen molar-refractivity contribution in [1.29, 1.82) is 0 Å². The zero-order chi connectivity index (χ0) is 13.7. The number of carbonyl (C=O) groups excluding carboxylic acids is 1. The van der Waals surface area contributed by atoms with E-state index in [9.17, 15) is 4.79 Å². The molecule has 1 N–H and O–H groups in total. The minimum atomic E-state index is 0.0174. The Kier molecular flexibility index (Phi) is 4.58. The highest BCUT2D eigenvalue weighted by molar-refractivity contribution is 6.30. The number of aryl methyl sites for hydroxylation is 1. The van der Waals surface area contributed by atoms with Gasteiger partial charge in [-0.2, -0.15) is 0 Å². The third kappa shape index (κ3) is 4.42. The summed E-state index contributed by atoms with van der Waals surface area (Å²) in [6.07, 6.45) is 0.378. The molecule has 0 aliphatic heterocycles. The van der Waals surface area contributed by atoms with Gasteiger partial charge in [0.05, 0.1) is 6.42 Å². The van der Waals surface area contributed by atoms with Gasteiger partial charge in [-0.05, 0) is 30.2 Å². The van der Waals surface area contributed by atoms with Crippen molar-refractivity contribution < 1.29 is 4.79 Å². The highest BCUT2D eigenvalue weighted by Gasteiger charge is 2.03. The largest absolute Gasteiger partial charge is 0.352 e. The van der Waals surface area contributed by atoms with Crippen molar-refractivity contribution in [3.8, 4) is 0 Å². The first-order valence-electron chi connectivity index (χ1n) is 6.20. The van der Waals surface area contributed by atoms with Crippen LogP contribution in [0.2, 0.25) is 5.02 Å². The van der Waals surface area contributed by atoms with E-state index in [1.54, 1.807) is 12.1 Å². The summed E-state index contributed by atoms with van der Waals surface area (Å²) in [6.45, 7) is 2.60. The van der Waals surface area contributed by atoms with E-state index in [0.29, 0.717) is 18.0 Å². The van der Waals surface area contributed by atoms with E-state index < -0.39 is 0 Å². The molecule has 0 fully saturated rings. The molecule has 3 heteroatoms. The maximum atomic E-state index is 11.8. The number of carbonyl (C=O) groups is 1. The summed E-state index contributed by atoms with van der Waals surface area (Å²) in [5.74, 6) is 0.0174. The van der Waals surface area contributed by atoms with Gasteiger partial charge in [-0.15, -0.1) is 0 Å². The second-order valence-electron chi connectivity index (χ2n) is 4.57. The number of halogens is 1. The number of amides is 1. The molecule has 0 heterocycles. The van der Waals surface area contributed by atoms with Crippen LogP contribution >= 0.6 is 11.6 Å². The third-order valence-electron chi connectivity index (χ3n) is 2.85. The molecule has 0 aliphatic rings. The first kappa shape index (κ1) is 13.6. The lowest BCUT2D eigenvalue weighted by molar-refractivity contribution is -0.120. The molecule has 0 radical (unpaired) electrons. The third-order valence-corrected chi connectivity index (χ3v) is 3.10. The molecule has 1 amide bonds. The van der Waals surface area contributed by atoms with E-state index in [2.05, 4.69) is 11.4 Å². The Balaban J connectivity index is 1.86. The summed E-state index contributed by atoms with van der Waals surface area (Å²) in [4.78, 5) is 11.8. The van der Waals surface area contributed by atoms with Gasteiger partial charge in [-0.1, -0.05) is 53.6 Å². The van der Waals surface area contributed by atoms with Crippen LogP contribution in [0.25, 0.3) is 0 Å². The zero-order valence-corrected chi connectivity index (χ0v) is 11.6. The normalized spacial score (nSPS) is 10.2. The Morgan fingerprint density at radius 3 is 2.53 bits per heavy atom. The quantitative estimate of drug-likeness (QED) is 0.907. The Hall–Kier alpha value is -1.80. The predicted octanol–water partition coefficient (Wildman–Crippen LogP) is 3.51. The molecule has 2 aromatic carbocycles. The van der Waals surface area contributed by atoms with Gasteiger partial charge in [0.2, 0.25) is 5.91 Å². The minimum Gasteiger partial charge on any atom is -0.352 e. The van der Waals surface area contributed by atoms with Gasteiger partial charge in [-0.25, -0.2) is 0 Å². The molecule has 0 saturated heterocycles. The fourth-order valence-corrected chi connectivity index (χ4v) is 2.00. The molecule has 2 aromatic rings. The van der Waals surface area contributed by atoms with E-state index in [-0.39, 0.29) is 5.91 Å². The van der Waals surface area contributed by atoms with Crippen molar-refractivity contribution in [3.05, 3.63) is 70.2 Å². The van der Waals surface area contributed by atoms with Gasteiger partial charge in [-0.3, -0.25) is 4.79 Å². The van der Waals surface area contributed by atoms with Crippen LogP contribution in [-0.2, 0) is 17.8 Å². The second kappa shape index (κ2) is 6.39. The number of nitrogens with one attached hydrogen (secondary N) is 1. The number of hydrogen-bond donors (Lipinski definition) is 1. The summed E-state index contributed by atoms with van der Waals surface area (Å²) >= 11 is 5.80.